The Morgan fingerprint density at radius 1 is 0.690 bits per heavy atom. The summed E-state index contributed by atoms with van der Waals surface area (Å²) in [5.41, 5.74) is 0.617. The van der Waals surface area contributed by atoms with Crippen molar-refractivity contribution < 1.29 is 0 Å². The first-order chi connectivity index (χ1) is 13.7. The maximum atomic E-state index is 2.67. The summed E-state index contributed by atoms with van der Waals surface area (Å²) in [6.07, 6.45) is 5.83. The lowest BCUT2D eigenvalue weighted by Gasteiger charge is -2.78. The summed E-state index contributed by atoms with van der Waals surface area (Å²) in [4.78, 5) is 0. The second kappa shape index (κ2) is 7.55. The van der Waals surface area contributed by atoms with E-state index in [2.05, 4.69) is 69.2 Å². The topological polar surface area (TPSA) is 0 Å². The minimum absolute atomic E-state index is 0.617. The summed E-state index contributed by atoms with van der Waals surface area (Å²) in [5, 5.41) is 0. The zero-order valence-corrected chi connectivity index (χ0v) is 21.4. The molecule has 0 aliphatic heterocycles. The van der Waals surface area contributed by atoms with E-state index in [9.17, 15) is 0 Å². The summed E-state index contributed by atoms with van der Waals surface area (Å²) >= 11 is 0. The first-order valence-corrected chi connectivity index (χ1v) is 13.7. The lowest BCUT2D eigenvalue weighted by atomic mass is 9.26. The molecule has 14 unspecified atom stereocenters. The average Bonchev–Trinajstić information content (AvgIpc) is 2.68. The van der Waals surface area contributed by atoms with Gasteiger partial charge in [0.15, 0.2) is 0 Å². The first-order valence-electron chi connectivity index (χ1n) is 13.7. The van der Waals surface area contributed by atoms with Gasteiger partial charge in [-0.1, -0.05) is 82.1 Å². The Labute approximate surface area is 183 Å². The Morgan fingerprint density at radius 3 is 1.76 bits per heavy atom. The van der Waals surface area contributed by atoms with Gasteiger partial charge < -0.3 is 0 Å². The van der Waals surface area contributed by atoms with E-state index in [1.54, 1.807) is 6.42 Å². The van der Waals surface area contributed by atoms with E-state index in [-0.39, 0.29) is 0 Å². The molecule has 0 aromatic rings. The van der Waals surface area contributed by atoms with Crippen LogP contribution in [0.1, 0.15) is 94.9 Å². The molecule has 4 saturated carbocycles. The van der Waals surface area contributed by atoms with Gasteiger partial charge in [0.1, 0.15) is 0 Å². The smallest absolute Gasteiger partial charge is 0.0209 e. The molecule has 0 saturated heterocycles. The summed E-state index contributed by atoms with van der Waals surface area (Å²) in [5.74, 6) is 13.5. The van der Waals surface area contributed by atoms with E-state index in [0.29, 0.717) is 5.41 Å². The lowest BCUT2D eigenvalue weighted by molar-refractivity contribution is -0.312. The third-order valence-electron chi connectivity index (χ3n) is 12.7. The summed E-state index contributed by atoms with van der Waals surface area (Å²) in [6.45, 7) is 26.0. The van der Waals surface area contributed by atoms with Crippen LogP contribution in [0.2, 0.25) is 0 Å². The van der Waals surface area contributed by atoms with Crippen molar-refractivity contribution in [2.24, 2.45) is 88.3 Å². The van der Waals surface area contributed by atoms with Crippen LogP contribution in [0.25, 0.3) is 0 Å². The van der Waals surface area contributed by atoms with E-state index in [1.165, 1.54) is 19.3 Å². The molecule has 0 aromatic carbocycles. The molecule has 0 bridgehead atoms. The summed E-state index contributed by atoms with van der Waals surface area (Å²) < 4.78 is 0. The van der Waals surface area contributed by atoms with Crippen LogP contribution in [0, 0.1) is 88.3 Å². The van der Waals surface area contributed by atoms with Gasteiger partial charge in [-0.15, -0.1) is 0 Å². The maximum Gasteiger partial charge on any atom is -0.0209 e. The molecular formula is C29H52. The van der Waals surface area contributed by atoms with Crippen LogP contribution >= 0.6 is 0 Å². The number of hydrogen-bond donors (Lipinski definition) is 0. The van der Waals surface area contributed by atoms with Gasteiger partial charge in [0, 0.05) is 0 Å². The van der Waals surface area contributed by atoms with Crippen molar-refractivity contribution in [2.45, 2.75) is 94.9 Å². The minimum atomic E-state index is 0.617. The molecular weight excluding hydrogens is 348 g/mol. The Bertz CT molecular complexity index is 591. The van der Waals surface area contributed by atoms with Crippen molar-refractivity contribution in [3.05, 3.63) is 0 Å². The van der Waals surface area contributed by atoms with Crippen molar-refractivity contribution in [2.75, 3.05) is 0 Å². The normalized spacial score (nSPS) is 59.1. The number of rotatable bonds is 4. The van der Waals surface area contributed by atoms with Crippen LogP contribution in [-0.4, -0.2) is 0 Å². The van der Waals surface area contributed by atoms with Gasteiger partial charge in [0.05, 0.1) is 0 Å². The standard InChI is InChI=1S/C29H52/c1-11-21-14-23-22(12-2)24-18(8)16(6)17(7)19(9)25(24)28-26(23)27(20(21)10)29(28,13-3)15(4)5/h15-28H,11-14H2,1-10H3. The van der Waals surface area contributed by atoms with Gasteiger partial charge in [0.2, 0.25) is 0 Å². The molecule has 0 spiro atoms. The second-order valence-electron chi connectivity index (χ2n) is 12.8. The molecule has 4 rings (SSSR count). The summed E-state index contributed by atoms with van der Waals surface area (Å²) in [7, 11) is 0. The van der Waals surface area contributed by atoms with Gasteiger partial charge in [-0.05, 0) is 101 Å². The predicted octanol–water partition coefficient (Wildman–Crippen LogP) is 8.41. The largest absolute Gasteiger partial charge is 0.0651 e. The fourth-order valence-electron chi connectivity index (χ4n) is 11.2. The highest BCUT2D eigenvalue weighted by Crippen LogP contribution is 2.78. The Morgan fingerprint density at radius 2 is 1.28 bits per heavy atom. The third-order valence-corrected chi connectivity index (χ3v) is 12.7. The average molecular weight is 401 g/mol. The zero-order valence-electron chi connectivity index (χ0n) is 21.4. The Kier molecular flexibility index (Phi) is 5.78. The third kappa shape index (κ3) is 2.62. The SMILES string of the molecule is CCC1CC2C(CC)C3C(C)C(C)C(C)C(C)C3C3C2C(C1C)C3(CC)C(C)C. The molecule has 14 atom stereocenters. The fourth-order valence-corrected chi connectivity index (χ4v) is 11.2. The number of fused-ring (bicyclic) bond motifs is 2. The highest BCUT2D eigenvalue weighted by atomic mass is 14.8. The first kappa shape index (κ1) is 22.2. The van der Waals surface area contributed by atoms with Crippen LogP contribution < -0.4 is 0 Å². The van der Waals surface area contributed by atoms with Crippen molar-refractivity contribution in [3.8, 4) is 0 Å². The van der Waals surface area contributed by atoms with Crippen LogP contribution in [0.15, 0.2) is 0 Å². The van der Waals surface area contributed by atoms with Crippen LogP contribution in [-0.2, 0) is 0 Å². The maximum absolute atomic E-state index is 2.67. The molecule has 0 heterocycles. The van der Waals surface area contributed by atoms with E-state index < -0.39 is 0 Å². The van der Waals surface area contributed by atoms with Gasteiger partial charge >= 0.3 is 0 Å². The van der Waals surface area contributed by atoms with E-state index in [1.807, 2.05) is 0 Å². The van der Waals surface area contributed by atoms with E-state index in [0.717, 1.165) is 82.9 Å². The van der Waals surface area contributed by atoms with Gasteiger partial charge in [-0.25, -0.2) is 0 Å². The molecule has 0 heteroatoms. The van der Waals surface area contributed by atoms with Crippen LogP contribution in [0.5, 0.6) is 0 Å². The van der Waals surface area contributed by atoms with Gasteiger partial charge in [-0.3, -0.25) is 0 Å². The van der Waals surface area contributed by atoms with Crippen molar-refractivity contribution in [1.82, 2.24) is 0 Å². The monoisotopic (exact) mass is 400 g/mol. The quantitative estimate of drug-likeness (QED) is 0.444. The fraction of sp³-hybridized carbons (Fsp3) is 1.00. The minimum Gasteiger partial charge on any atom is -0.0651 e. The molecule has 0 amide bonds. The summed E-state index contributed by atoms with van der Waals surface area (Å²) in [6, 6.07) is 0. The molecule has 0 radical (unpaired) electrons. The zero-order chi connectivity index (χ0) is 21.4. The molecule has 4 aliphatic rings. The van der Waals surface area contributed by atoms with E-state index in [4.69, 9.17) is 0 Å². The number of hydrogen-bond acceptors (Lipinski definition) is 0. The van der Waals surface area contributed by atoms with E-state index >= 15 is 0 Å². The molecule has 0 aromatic heterocycles. The molecule has 168 valence electrons. The van der Waals surface area contributed by atoms with Crippen LogP contribution in [0.3, 0.4) is 0 Å². The molecule has 4 aliphatic carbocycles. The molecule has 0 nitrogen and oxygen atoms in total. The van der Waals surface area contributed by atoms with Crippen LogP contribution in [0.4, 0.5) is 0 Å². The highest BCUT2D eigenvalue weighted by molar-refractivity contribution is 5.21. The molecule has 0 N–H and O–H groups in total. The Hall–Kier alpha value is 0. The van der Waals surface area contributed by atoms with Gasteiger partial charge in [-0.2, -0.15) is 0 Å². The Balaban J connectivity index is 1.86. The second-order valence-corrected chi connectivity index (χ2v) is 12.8. The van der Waals surface area contributed by atoms with Crippen molar-refractivity contribution in [3.63, 3.8) is 0 Å². The molecule has 4 fully saturated rings. The molecule has 29 heavy (non-hydrogen) atoms. The van der Waals surface area contributed by atoms with Crippen molar-refractivity contribution in [1.29, 1.82) is 0 Å². The van der Waals surface area contributed by atoms with Crippen molar-refractivity contribution >= 4 is 0 Å². The lowest BCUT2D eigenvalue weighted by Crippen LogP contribution is -2.74. The highest BCUT2D eigenvalue weighted by Gasteiger charge is 2.74. The predicted molar refractivity (Wildman–Crippen MR) is 127 cm³/mol. The van der Waals surface area contributed by atoms with Gasteiger partial charge in [0.25, 0.3) is 0 Å².